The van der Waals surface area contributed by atoms with Crippen molar-refractivity contribution in [2.75, 3.05) is 5.32 Å². The fraction of sp³-hybridized carbons (Fsp3) is 0.500. The van der Waals surface area contributed by atoms with Crippen LogP contribution in [0.3, 0.4) is 0 Å². The lowest BCUT2D eigenvalue weighted by molar-refractivity contribution is -0.105. The lowest BCUT2D eigenvalue weighted by Gasteiger charge is -2.21. The van der Waals surface area contributed by atoms with E-state index in [4.69, 9.17) is 20.3 Å². The average Bonchev–Trinajstić information content (AvgIpc) is 3.01. The minimum atomic E-state index is -5.03. The van der Waals surface area contributed by atoms with Crippen LogP contribution in [0.2, 0.25) is 0 Å². The smallest absolute Gasteiger partial charge is 0.356 e. The molecule has 2 amide bonds. The average molecular weight is 366 g/mol. The first-order valence-corrected chi connectivity index (χ1v) is 8.09. The molecule has 2 unspecified atom stereocenters. The predicted octanol–water partition coefficient (Wildman–Crippen LogP) is -3.33. The second-order valence-electron chi connectivity index (χ2n) is 4.95. The molecule has 1 aromatic heterocycles. The van der Waals surface area contributed by atoms with Crippen molar-refractivity contribution in [2.24, 2.45) is 5.73 Å². The minimum Gasteiger partial charge on any atom is -0.387 e. The highest BCUT2D eigenvalue weighted by Crippen LogP contribution is 2.46. The summed E-state index contributed by atoms with van der Waals surface area (Å²) in [6.07, 6.45) is -5.79. The van der Waals surface area contributed by atoms with Crippen LogP contribution in [0.4, 0.5) is 5.82 Å². The number of carbonyl (C=O) groups excluding carboxylic acids is 2. The SMILES string of the molecule is NC(=O)c1ncn(C2O[C@H](C(O)P(=O)(O)O)[C@@H](O)[C@H]2O)c1NC=O. The molecule has 1 saturated heterocycles. The Morgan fingerprint density at radius 3 is 2.58 bits per heavy atom. The van der Waals surface area contributed by atoms with Gasteiger partial charge in [-0.2, -0.15) is 0 Å². The zero-order valence-electron chi connectivity index (χ0n) is 11.8. The number of amides is 2. The maximum atomic E-state index is 11.3. The third-order valence-electron chi connectivity index (χ3n) is 3.41. The molecule has 24 heavy (non-hydrogen) atoms. The highest BCUT2D eigenvalue weighted by molar-refractivity contribution is 7.52. The molecule has 1 aliphatic heterocycles. The second-order valence-corrected chi connectivity index (χ2v) is 6.66. The van der Waals surface area contributed by atoms with E-state index in [1.165, 1.54) is 0 Å². The molecular formula is C10H15N4O9P. The van der Waals surface area contributed by atoms with Crippen LogP contribution in [0.1, 0.15) is 16.7 Å². The summed E-state index contributed by atoms with van der Waals surface area (Å²) < 4.78 is 17.1. The van der Waals surface area contributed by atoms with Crippen LogP contribution in [-0.4, -0.2) is 71.1 Å². The second kappa shape index (κ2) is 6.57. The predicted molar refractivity (Wildman–Crippen MR) is 74.4 cm³/mol. The van der Waals surface area contributed by atoms with Gasteiger partial charge in [0.1, 0.15) is 24.1 Å². The molecule has 0 aromatic carbocycles. The van der Waals surface area contributed by atoms with Crippen molar-refractivity contribution >= 4 is 25.7 Å². The fourth-order valence-corrected chi connectivity index (χ4v) is 2.92. The molecule has 13 nitrogen and oxygen atoms in total. The lowest BCUT2D eigenvalue weighted by atomic mass is 10.1. The Morgan fingerprint density at radius 1 is 1.46 bits per heavy atom. The van der Waals surface area contributed by atoms with Crippen molar-refractivity contribution in [3.63, 3.8) is 0 Å². The molecule has 0 bridgehead atoms. The molecule has 2 rings (SSSR count). The topological polar surface area (TPSA) is 217 Å². The molecule has 5 atom stereocenters. The van der Waals surface area contributed by atoms with E-state index in [2.05, 4.69) is 10.3 Å². The molecule has 0 saturated carbocycles. The van der Waals surface area contributed by atoms with E-state index in [0.717, 1.165) is 10.9 Å². The Labute approximate surface area is 133 Å². The summed E-state index contributed by atoms with van der Waals surface area (Å²) in [6.45, 7) is 0. The van der Waals surface area contributed by atoms with Gasteiger partial charge >= 0.3 is 7.60 Å². The monoisotopic (exact) mass is 366 g/mol. The number of carbonyl (C=O) groups is 2. The zero-order chi connectivity index (χ0) is 18.2. The van der Waals surface area contributed by atoms with Gasteiger partial charge in [-0.3, -0.25) is 18.7 Å². The molecule has 0 aliphatic carbocycles. The van der Waals surface area contributed by atoms with Gasteiger partial charge in [0.25, 0.3) is 5.91 Å². The van der Waals surface area contributed by atoms with E-state index in [9.17, 15) is 29.5 Å². The van der Waals surface area contributed by atoms with Gasteiger partial charge in [-0.05, 0) is 0 Å². The van der Waals surface area contributed by atoms with Crippen molar-refractivity contribution in [1.29, 1.82) is 0 Å². The third kappa shape index (κ3) is 3.18. The molecule has 1 aromatic rings. The van der Waals surface area contributed by atoms with Crippen molar-refractivity contribution in [3.8, 4) is 0 Å². The van der Waals surface area contributed by atoms with Gasteiger partial charge in [0, 0.05) is 0 Å². The van der Waals surface area contributed by atoms with E-state index < -0.39 is 43.9 Å². The van der Waals surface area contributed by atoms with Crippen LogP contribution in [0.25, 0.3) is 0 Å². The molecule has 1 aliphatic rings. The van der Waals surface area contributed by atoms with Crippen molar-refractivity contribution in [3.05, 3.63) is 12.0 Å². The number of anilines is 1. The summed E-state index contributed by atoms with van der Waals surface area (Å²) in [4.78, 5) is 43.5. The van der Waals surface area contributed by atoms with E-state index >= 15 is 0 Å². The fourth-order valence-electron chi connectivity index (χ4n) is 2.29. The number of hydrogen-bond donors (Lipinski definition) is 7. The molecular weight excluding hydrogens is 351 g/mol. The zero-order valence-corrected chi connectivity index (χ0v) is 12.7. The number of imidazole rings is 1. The van der Waals surface area contributed by atoms with Gasteiger partial charge in [0.15, 0.2) is 17.8 Å². The van der Waals surface area contributed by atoms with Crippen molar-refractivity contribution < 1.29 is 44.0 Å². The summed E-state index contributed by atoms with van der Waals surface area (Å²) in [7, 11) is -5.03. The van der Waals surface area contributed by atoms with Crippen molar-refractivity contribution in [1.82, 2.24) is 9.55 Å². The maximum Gasteiger partial charge on any atom is 0.356 e. The number of rotatable bonds is 6. The molecule has 2 heterocycles. The molecule has 134 valence electrons. The number of nitrogens with two attached hydrogens (primary N) is 1. The Balaban J connectivity index is 2.38. The number of aliphatic hydroxyl groups excluding tert-OH is 3. The van der Waals surface area contributed by atoms with Gasteiger partial charge < -0.3 is 40.9 Å². The number of ether oxygens (including phenoxy) is 1. The number of nitrogens with zero attached hydrogens (tertiary/aromatic N) is 2. The van der Waals surface area contributed by atoms with Crippen LogP contribution in [0.5, 0.6) is 0 Å². The van der Waals surface area contributed by atoms with Crippen LogP contribution >= 0.6 is 7.60 Å². The summed E-state index contributed by atoms with van der Waals surface area (Å²) in [5.41, 5.74) is 4.72. The summed E-state index contributed by atoms with van der Waals surface area (Å²) in [6, 6.07) is 0. The first-order valence-electron chi connectivity index (χ1n) is 6.41. The highest BCUT2D eigenvalue weighted by atomic mass is 31.2. The largest absolute Gasteiger partial charge is 0.387 e. The van der Waals surface area contributed by atoms with Crippen LogP contribution < -0.4 is 11.1 Å². The third-order valence-corrected chi connectivity index (χ3v) is 4.39. The normalized spacial score (nSPS) is 28.5. The number of aliphatic hydroxyl groups is 3. The van der Waals surface area contributed by atoms with E-state index in [-0.39, 0.29) is 17.9 Å². The van der Waals surface area contributed by atoms with Crippen LogP contribution in [0, 0.1) is 0 Å². The van der Waals surface area contributed by atoms with Gasteiger partial charge in [0.2, 0.25) is 6.41 Å². The summed E-state index contributed by atoms with van der Waals surface area (Å²) >= 11 is 0. The summed E-state index contributed by atoms with van der Waals surface area (Å²) in [5, 5.41) is 31.6. The molecule has 0 radical (unpaired) electrons. The van der Waals surface area contributed by atoms with Gasteiger partial charge in [-0.1, -0.05) is 0 Å². The molecule has 0 spiro atoms. The Hall–Kier alpha value is -1.86. The quantitative estimate of drug-likeness (QED) is 0.196. The van der Waals surface area contributed by atoms with Gasteiger partial charge in [-0.25, -0.2) is 4.98 Å². The van der Waals surface area contributed by atoms with E-state index in [1.54, 1.807) is 0 Å². The molecule has 8 N–H and O–H groups in total. The maximum absolute atomic E-state index is 11.3. The Kier molecular flexibility index (Phi) is 5.05. The summed E-state index contributed by atoms with van der Waals surface area (Å²) in [5.74, 6) is -3.66. The molecule has 1 fully saturated rings. The van der Waals surface area contributed by atoms with Gasteiger partial charge in [-0.15, -0.1) is 0 Å². The first kappa shape index (κ1) is 18.5. The Bertz CT molecular complexity index is 688. The van der Waals surface area contributed by atoms with Crippen molar-refractivity contribution in [2.45, 2.75) is 30.4 Å². The van der Waals surface area contributed by atoms with Crippen LogP contribution in [-0.2, 0) is 14.1 Å². The number of primary amides is 1. The molecule has 14 heteroatoms. The van der Waals surface area contributed by atoms with Gasteiger partial charge in [0.05, 0.1) is 6.33 Å². The van der Waals surface area contributed by atoms with E-state index in [0.29, 0.717) is 0 Å². The highest BCUT2D eigenvalue weighted by Gasteiger charge is 2.52. The van der Waals surface area contributed by atoms with E-state index in [1.807, 2.05) is 0 Å². The minimum absolute atomic E-state index is 0.194. The first-order chi connectivity index (χ1) is 11.1. The number of nitrogens with one attached hydrogen (secondary N) is 1. The van der Waals surface area contributed by atoms with Crippen LogP contribution in [0.15, 0.2) is 6.33 Å². The number of hydrogen-bond acceptors (Lipinski definition) is 8. The number of aromatic nitrogens is 2. The lowest BCUT2D eigenvalue weighted by Crippen LogP contribution is -2.38. The Morgan fingerprint density at radius 2 is 2.08 bits per heavy atom. The standard InChI is InChI=1S/C10H15N4O9P/c11-7(18)3-8(13-2-15)14(1-12-3)9-5(17)4(16)6(23-9)10(19)24(20,21)22/h1-2,4-6,9-10,16-17,19H,(H2,11,18)(H,13,15)(H2,20,21,22)/t4-,5+,6-,9?,10?/m0/s1.